The van der Waals surface area contributed by atoms with Gasteiger partial charge in [-0.15, -0.1) is 5.10 Å². The van der Waals surface area contributed by atoms with Crippen LogP contribution in [-0.4, -0.2) is 28.1 Å². The zero-order chi connectivity index (χ0) is 15.6. The molecule has 0 N–H and O–H groups in total. The molecule has 0 aliphatic heterocycles. The number of hydrogen-bond acceptors (Lipinski definition) is 4. The van der Waals surface area contributed by atoms with E-state index < -0.39 is 5.97 Å². The van der Waals surface area contributed by atoms with E-state index in [0.29, 0.717) is 16.7 Å². The highest BCUT2D eigenvalue weighted by Crippen LogP contribution is 2.21. The average Bonchev–Trinajstić information content (AvgIpc) is 2.86. The first-order valence-corrected chi connectivity index (χ1v) is 7.19. The minimum atomic E-state index is -0.509. The van der Waals surface area contributed by atoms with Crippen molar-refractivity contribution in [2.75, 3.05) is 7.11 Å². The largest absolute Gasteiger partial charge is 0.464 e. The van der Waals surface area contributed by atoms with E-state index >= 15 is 0 Å². The fraction of sp³-hybridized carbons (Fsp3) is 0.357. The van der Waals surface area contributed by atoms with Crippen LogP contribution in [-0.2, 0) is 11.3 Å². The molecule has 5 nitrogen and oxygen atoms in total. The van der Waals surface area contributed by atoms with Gasteiger partial charge in [0.05, 0.1) is 23.8 Å². The summed E-state index contributed by atoms with van der Waals surface area (Å²) in [4.78, 5) is 11.7. The van der Waals surface area contributed by atoms with E-state index in [-0.39, 0.29) is 17.4 Å². The molecule has 2 rings (SSSR count). The van der Waals surface area contributed by atoms with Crippen molar-refractivity contribution in [1.82, 2.24) is 15.0 Å². The molecule has 1 aromatic carbocycles. The maximum Gasteiger partial charge on any atom is 0.360 e. The lowest BCUT2D eigenvalue weighted by Crippen LogP contribution is -2.12. The van der Waals surface area contributed by atoms with Crippen LogP contribution in [0.5, 0.6) is 0 Å². The van der Waals surface area contributed by atoms with Crippen molar-refractivity contribution in [2.24, 2.45) is 0 Å². The van der Waals surface area contributed by atoms with Crippen molar-refractivity contribution in [3.63, 3.8) is 0 Å². The highest BCUT2D eigenvalue weighted by Gasteiger charge is 2.22. The van der Waals surface area contributed by atoms with E-state index in [4.69, 9.17) is 4.74 Å². The molecular formula is C14H15BrFN3O2. The van der Waals surface area contributed by atoms with Gasteiger partial charge in [0.25, 0.3) is 0 Å². The highest BCUT2D eigenvalue weighted by atomic mass is 79.9. The Kier molecular flexibility index (Phi) is 4.72. The average molecular weight is 356 g/mol. The Bertz CT molecular complexity index is 670. The number of esters is 1. The highest BCUT2D eigenvalue weighted by molar-refractivity contribution is 9.10. The predicted molar refractivity (Wildman–Crippen MR) is 78.7 cm³/mol. The van der Waals surface area contributed by atoms with Gasteiger partial charge in [-0.05, 0) is 39.5 Å². The van der Waals surface area contributed by atoms with Crippen molar-refractivity contribution in [2.45, 2.75) is 26.3 Å². The summed E-state index contributed by atoms with van der Waals surface area (Å²) in [6.07, 6.45) is 0. The van der Waals surface area contributed by atoms with Crippen molar-refractivity contribution >= 4 is 21.9 Å². The topological polar surface area (TPSA) is 57.0 Å². The van der Waals surface area contributed by atoms with Gasteiger partial charge in [0, 0.05) is 0 Å². The molecule has 0 amide bonds. The number of ether oxygens (including phenoxy) is 1. The molecule has 112 valence electrons. The van der Waals surface area contributed by atoms with Crippen molar-refractivity contribution in [1.29, 1.82) is 0 Å². The van der Waals surface area contributed by atoms with E-state index in [9.17, 15) is 9.18 Å². The fourth-order valence-electron chi connectivity index (χ4n) is 2.06. The minimum absolute atomic E-state index is 0.0537. The lowest BCUT2D eigenvalue weighted by Gasteiger charge is -2.11. The zero-order valence-corrected chi connectivity index (χ0v) is 13.5. The zero-order valence-electron chi connectivity index (χ0n) is 11.9. The molecule has 0 atom stereocenters. The van der Waals surface area contributed by atoms with Crippen molar-refractivity contribution < 1.29 is 13.9 Å². The minimum Gasteiger partial charge on any atom is -0.464 e. The Balaban J connectivity index is 2.37. The van der Waals surface area contributed by atoms with E-state index in [1.54, 1.807) is 16.8 Å². The first-order valence-electron chi connectivity index (χ1n) is 6.39. The van der Waals surface area contributed by atoms with Crippen molar-refractivity contribution in [3.05, 3.63) is 45.4 Å². The number of rotatable bonds is 4. The molecule has 0 fully saturated rings. The van der Waals surface area contributed by atoms with E-state index in [2.05, 4.69) is 26.2 Å². The van der Waals surface area contributed by atoms with Gasteiger partial charge in [0.1, 0.15) is 5.82 Å². The molecule has 0 bridgehead atoms. The molecule has 0 aliphatic carbocycles. The Labute approximate surface area is 130 Å². The van der Waals surface area contributed by atoms with E-state index in [1.165, 1.54) is 13.2 Å². The van der Waals surface area contributed by atoms with Gasteiger partial charge >= 0.3 is 5.97 Å². The van der Waals surface area contributed by atoms with Gasteiger partial charge in [-0.25, -0.2) is 13.9 Å². The molecule has 7 heteroatoms. The van der Waals surface area contributed by atoms with Gasteiger partial charge in [-0.2, -0.15) is 0 Å². The lowest BCUT2D eigenvalue weighted by atomic mass is 10.1. The number of halogens is 2. The molecule has 0 radical (unpaired) electrons. The maximum absolute atomic E-state index is 13.3. The third-order valence-electron chi connectivity index (χ3n) is 3.02. The third kappa shape index (κ3) is 3.29. The second-order valence-electron chi connectivity index (χ2n) is 4.88. The van der Waals surface area contributed by atoms with E-state index in [1.807, 2.05) is 13.8 Å². The van der Waals surface area contributed by atoms with Crippen LogP contribution in [0.4, 0.5) is 4.39 Å². The van der Waals surface area contributed by atoms with Crippen LogP contribution < -0.4 is 0 Å². The van der Waals surface area contributed by atoms with Crippen LogP contribution in [0.2, 0.25) is 0 Å². The van der Waals surface area contributed by atoms with Crippen LogP contribution in [0.3, 0.4) is 0 Å². The number of methoxy groups -OCH3 is 1. The van der Waals surface area contributed by atoms with Gasteiger partial charge < -0.3 is 4.74 Å². The molecule has 0 saturated carbocycles. The predicted octanol–water partition coefficient (Wildman–Crippen LogP) is 3.14. The second-order valence-corrected chi connectivity index (χ2v) is 5.73. The molecule has 1 aromatic heterocycles. The standard InChI is InChI=1S/C14H15BrFN3O2/c1-8(2)13-12(14(20)21-3)17-18-19(13)7-9-4-5-11(16)10(15)6-9/h4-6,8H,7H2,1-3H3. The monoisotopic (exact) mass is 355 g/mol. The summed E-state index contributed by atoms with van der Waals surface area (Å²) < 4.78 is 20.0. The van der Waals surface area contributed by atoms with Crippen LogP contribution in [0.15, 0.2) is 22.7 Å². The van der Waals surface area contributed by atoms with Gasteiger partial charge in [0.2, 0.25) is 0 Å². The fourth-order valence-corrected chi connectivity index (χ4v) is 2.49. The SMILES string of the molecule is COC(=O)c1nnn(Cc2ccc(F)c(Br)c2)c1C(C)C. The van der Waals surface area contributed by atoms with Crippen LogP contribution >= 0.6 is 15.9 Å². The molecule has 2 aromatic rings. The summed E-state index contributed by atoms with van der Waals surface area (Å²) >= 11 is 3.15. The molecule has 21 heavy (non-hydrogen) atoms. The van der Waals surface area contributed by atoms with Gasteiger partial charge in [0.15, 0.2) is 5.69 Å². The molecular weight excluding hydrogens is 341 g/mol. The Morgan fingerprint density at radius 1 is 1.48 bits per heavy atom. The summed E-state index contributed by atoms with van der Waals surface area (Å²) in [5, 5.41) is 7.91. The first kappa shape index (κ1) is 15.6. The summed E-state index contributed by atoms with van der Waals surface area (Å²) in [5.41, 5.74) is 1.77. The lowest BCUT2D eigenvalue weighted by molar-refractivity contribution is 0.0592. The number of nitrogens with zero attached hydrogens (tertiary/aromatic N) is 3. The molecule has 0 aliphatic rings. The number of carbonyl (C=O) groups excluding carboxylic acids is 1. The number of hydrogen-bond donors (Lipinski definition) is 0. The summed E-state index contributed by atoms with van der Waals surface area (Å²) in [6.45, 7) is 4.29. The third-order valence-corrected chi connectivity index (χ3v) is 3.62. The first-order chi connectivity index (χ1) is 9.93. The van der Waals surface area contributed by atoms with Crippen molar-refractivity contribution in [3.8, 4) is 0 Å². The smallest absolute Gasteiger partial charge is 0.360 e. The maximum atomic E-state index is 13.3. The molecule has 0 unspecified atom stereocenters. The van der Waals surface area contributed by atoms with E-state index in [0.717, 1.165) is 5.56 Å². The van der Waals surface area contributed by atoms with Crippen LogP contribution in [0.1, 0.15) is 41.5 Å². The number of benzene rings is 1. The Hall–Kier alpha value is -1.76. The van der Waals surface area contributed by atoms with Gasteiger partial charge in [-0.1, -0.05) is 25.1 Å². The quantitative estimate of drug-likeness (QED) is 0.790. The molecule has 0 spiro atoms. The second kappa shape index (κ2) is 6.34. The molecule has 0 saturated heterocycles. The Morgan fingerprint density at radius 3 is 2.76 bits per heavy atom. The normalized spacial score (nSPS) is 11.0. The summed E-state index contributed by atoms with van der Waals surface area (Å²) in [5.74, 6) is -0.778. The summed E-state index contributed by atoms with van der Waals surface area (Å²) in [7, 11) is 1.31. The molecule has 1 heterocycles. The van der Waals surface area contributed by atoms with Crippen LogP contribution in [0, 0.1) is 5.82 Å². The van der Waals surface area contributed by atoms with Crippen LogP contribution in [0.25, 0.3) is 0 Å². The van der Waals surface area contributed by atoms with Gasteiger partial charge in [-0.3, -0.25) is 0 Å². The number of aromatic nitrogens is 3. The number of carbonyl (C=O) groups is 1. The Morgan fingerprint density at radius 2 is 2.19 bits per heavy atom. The summed E-state index contributed by atoms with van der Waals surface area (Å²) in [6, 6.07) is 4.73.